The van der Waals surface area contributed by atoms with Gasteiger partial charge in [0, 0.05) is 17.3 Å². The van der Waals surface area contributed by atoms with Gasteiger partial charge in [-0.3, -0.25) is 0 Å². The molecule has 0 aliphatic heterocycles. The van der Waals surface area contributed by atoms with Gasteiger partial charge in [0.05, 0.1) is 0 Å². The van der Waals surface area contributed by atoms with Crippen LogP contribution >= 0.6 is 11.8 Å². The van der Waals surface area contributed by atoms with E-state index in [1.807, 2.05) is 0 Å². The van der Waals surface area contributed by atoms with Crippen LogP contribution in [0, 0.1) is 0 Å². The van der Waals surface area contributed by atoms with E-state index in [9.17, 15) is 0 Å². The minimum absolute atomic E-state index is 0.832. The zero-order valence-corrected chi connectivity index (χ0v) is 10.8. The Bertz CT molecular complexity index is 177. The van der Waals surface area contributed by atoms with Crippen LogP contribution in [0.25, 0.3) is 0 Å². The van der Waals surface area contributed by atoms with Gasteiger partial charge in [0.1, 0.15) is 0 Å². The van der Waals surface area contributed by atoms with Crippen molar-refractivity contribution in [2.75, 3.05) is 5.75 Å². The van der Waals surface area contributed by atoms with E-state index < -0.39 is 0 Å². The molecule has 2 aliphatic rings. The molecule has 0 aromatic carbocycles. The van der Waals surface area contributed by atoms with Crippen LogP contribution in [0.1, 0.15) is 58.3 Å². The van der Waals surface area contributed by atoms with Gasteiger partial charge in [0.15, 0.2) is 0 Å². The molecule has 0 heterocycles. The highest BCUT2D eigenvalue weighted by molar-refractivity contribution is 7.99. The highest BCUT2D eigenvalue weighted by Crippen LogP contribution is 2.31. The van der Waals surface area contributed by atoms with Crippen molar-refractivity contribution in [3.8, 4) is 0 Å². The summed E-state index contributed by atoms with van der Waals surface area (Å²) >= 11 is 2.17. The van der Waals surface area contributed by atoms with Crippen LogP contribution in [-0.4, -0.2) is 23.1 Å². The van der Waals surface area contributed by atoms with Gasteiger partial charge < -0.3 is 5.32 Å². The molecule has 0 amide bonds. The van der Waals surface area contributed by atoms with E-state index in [1.165, 1.54) is 57.1 Å². The Labute approximate surface area is 98.8 Å². The molecule has 0 aromatic rings. The van der Waals surface area contributed by atoms with Crippen molar-refractivity contribution < 1.29 is 0 Å². The molecule has 0 bridgehead atoms. The predicted octanol–water partition coefficient (Wildman–Crippen LogP) is 3.58. The summed E-state index contributed by atoms with van der Waals surface area (Å²) in [6.07, 6.45) is 11.6. The third-order valence-electron chi connectivity index (χ3n) is 3.89. The average molecular weight is 227 g/mol. The van der Waals surface area contributed by atoms with Crippen LogP contribution in [0.5, 0.6) is 0 Å². The van der Waals surface area contributed by atoms with Gasteiger partial charge in [-0.1, -0.05) is 32.6 Å². The Morgan fingerprint density at radius 1 is 1.00 bits per heavy atom. The molecule has 0 saturated heterocycles. The molecule has 2 aliphatic carbocycles. The fraction of sp³-hybridized carbons (Fsp3) is 1.00. The van der Waals surface area contributed by atoms with Crippen LogP contribution in [0.3, 0.4) is 0 Å². The van der Waals surface area contributed by atoms with Crippen LogP contribution in [0.4, 0.5) is 0 Å². The van der Waals surface area contributed by atoms with Crippen LogP contribution < -0.4 is 5.32 Å². The zero-order valence-electron chi connectivity index (χ0n) is 10.0. The quantitative estimate of drug-likeness (QED) is 0.788. The van der Waals surface area contributed by atoms with Gasteiger partial charge in [-0.2, -0.15) is 11.8 Å². The zero-order chi connectivity index (χ0) is 10.5. The molecule has 0 aromatic heterocycles. The summed E-state index contributed by atoms with van der Waals surface area (Å²) in [6.45, 7) is 2.29. The second-order valence-electron chi connectivity index (χ2n) is 5.03. The maximum absolute atomic E-state index is 3.93. The van der Waals surface area contributed by atoms with Crippen molar-refractivity contribution in [2.24, 2.45) is 0 Å². The minimum atomic E-state index is 0.832. The summed E-state index contributed by atoms with van der Waals surface area (Å²) < 4.78 is 0. The van der Waals surface area contributed by atoms with Crippen molar-refractivity contribution in [3.63, 3.8) is 0 Å². The first-order chi connectivity index (χ1) is 7.40. The summed E-state index contributed by atoms with van der Waals surface area (Å²) in [5.41, 5.74) is 0. The minimum Gasteiger partial charge on any atom is -0.310 e. The lowest BCUT2D eigenvalue weighted by atomic mass is 9.95. The molecule has 88 valence electrons. The molecule has 2 atom stereocenters. The molecule has 0 radical (unpaired) electrons. The van der Waals surface area contributed by atoms with E-state index in [0.717, 1.165) is 17.3 Å². The number of hydrogen-bond acceptors (Lipinski definition) is 2. The van der Waals surface area contributed by atoms with E-state index in [2.05, 4.69) is 24.0 Å². The van der Waals surface area contributed by atoms with Crippen LogP contribution in [-0.2, 0) is 0 Å². The Balaban J connectivity index is 1.76. The topological polar surface area (TPSA) is 12.0 Å². The third-order valence-corrected chi connectivity index (χ3v) is 5.21. The second kappa shape index (κ2) is 6.15. The average Bonchev–Trinajstić information content (AvgIpc) is 2.68. The fourth-order valence-electron chi connectivity index (χ4n) is 3.10. The summed E-state index contributed by atoms with van der Waals surface area (Å²) in [6, 6.07) is 1.68. The van der Waals surface area contributed by atoms with Crippen molar-refractivity contribution in [2.45, 2.75) is 75.6 Å². The molecule has 2 unspecified atom stereocenters. The van der Waals surface area contributed by atoms with Crippen LogP contribution in [0.15, 0.2) is 0 Å². The number of nitrogens with one attached hydrogen (secondary N) is 1. The standard InChI is InChI=1S/C13H25NS/c1-2-15-13-10-6-9-12(13)14-11-7-4-3-5-8-11/h11-14H,2-10H2,1H3. The fourth-order valence-corrected chi connectivity index (χ4v) is 4.31. The Hall–Kier alpha value is 0.310. The Morgan fingerprint density at radius 2 is 1.80 bits per heavy atom. The first-order valence-electron chi connectivity index (χ1n) is 6.78. The molecule has 15 heavy (non-hydrogen) atoms. The van der Waals surface area contributed by atoms with Crippen molar-refractivity contribution in [1.29, 1.82) is 0 Å². The normalized spacial score (nSPS) is 33.4. The highest BCUT2D eigenvalue weighted by atomic mass is 32.2. The van der Waals surface area contributed by atoms with Gasteiger partial charge >= 0.3 is 0 Å². The maximum Gasteiger partial charge on any atom is 0.0201 e. The van der Waals surface area contributed by atoms with Gasteiger partial charge in [0.2, 0.25) is 0 Å². The molecule has 1 N–H and O–H groups in total. The summed E-state index contributed by atoms with van der Waals surface area (Å²) in [7, 11) is 0. The molecule has 2 heteroatoms. The summed E-state index contributed by atoms with van der Waals surface area (Å²) in [5.74, 6) is 1.29. The van der Waals surface area contributed by atoms with E-state index in [-0.39, 0.29) is 0 Å². The third kappa shape index (κ3) is 3.39. The largest absolute Gasteiger partial charge is 0.310 e. The molecule has 2 fully saturated rings. The predicted molar refractivity (Wildman–Crippen MR) is 69.6 cm³/mol. The molecular weight excluding hydrogens is 202 g/mol. The smallest absolute Gasteiger partial charge is 0.0201 e. The second-order valence-corrected chi connectivity index (χ2v) is 6.55. The van der Waals surface area contributed by atoms with E-state index >= 15 is 0 Å². The lowest BCUT2D eigenvalue weighted by Crippen LogP contribution is -2.42. The lowest BCUT2D eigenvalue weighted by molar-refractivity contribution is 0.339. The number of hydrogen-bond donors (Lipinski definition) is 1. The van der Waals surface area contributed by atoms with E-state index in [1.54, 1.807) is 0 Å². The number of rotatable bonds is 4. The van der Waals surface area contributed by atoms with Crippen molar-refractivity contribution >= 4 is 11.8 Å². The Kier molecular flexibility index (Phi) is 4.83. The molecule has 2 rings (SSSR count). The lowest BCUT2D eigenvalue weighted by Gasteiger charge is -2.29. The highest BCUT2D eigenvalue weighted by Gasteiger charge is 2.29. The van der Waals surface area contributed by atoms with Crippen molar-refractivity contribution in [1.82, 2.24) is 5.32 Å². The molecule has 0 spiro atoms. The van der Waals surface area contributed by atoms with Crippen molar-refractivity contribution in [3.05, 3.63) is 0 Å². The SMILES string of the molecule is CCSC1CCCC1NC1CCCCC1. The van der Waals surface area contributed by atoms with Gasteiger partial charge in [0.25, 0.3) is 0 Å². The van der Waals surface area contributed by atoms with Gasteiger partial charge in [-0.25, -0.2) is 0 Å². The summed E-state index contributed by atoms with van der Waals surface area (Å²) in [5, 5.41) is 4.85. The van der Waals surface area contributed by atoms with E-state index in [0.29, 0.717) is 0 Å². The van der Waals surface area contributed by atoms with Gasteiger partial charge in [-0.05, 0) is 31.4 Å². The van der Waals surface area contributed by atoms with Gasteiger partial charge in [-0.15, -0.1) is 0 Å². The Morgan fingerprint density at radius 3 is 2.53 bits per heavy atom. The number of thioether (sulfide) groups is 1. The molecular formula is C13H25NS. The monoisotopic (exact) mass is 227 g/mol. The molecule has 1 nitrogen and oxygen atoms in total. The first kappa shape index (κ1) is 11.8. The van der Waals surface area contributed by atoms with E-state index in [4.69, 9.17) is 0 Å². The summed E-state index contributed by atoms with van der Waals surface area (Å²) in [4.78, 5) is 0. The maximum atomic E-state index is 3.93. The first-order valence-corrected chi connectivity index (χ1v) is 7.82. The molecule has 2 saturated carbocycles. The van der Waals surface area contributed by atoms with Crippen LogP contribution in [0.2, 0.25) is 0 Å².